The van der Waals surface area contributed by atoms with Gasteiger partial charge < -0.3 is 0 Å². The molecular formula is C13H17NOS. The number of hydrogen-bond donors (Lipinski definition) is 0. The van der Waals surface area contributed by atoms with Crippen LogP contribution in [0.1, 0.15) is 15.9 Å². The Morgan fingerprint density at radius 2 is 2.06 bits per heavy atom. The maximum absolute atomic E-state index is 12.3. The highest BCUT2D eigenvalue weighted by Crippen LogP contribution is 2.18. The fourth-order valence-electron chi connectivity index (χ4n) is 1.87. The van der Waals surface area contributed by atoms with Crippen molar-refractivity contribution in [2.45, 2.75) is 13.0 Å². The summed E-state index contributed by atoms with van der Waals surface area (Å²) >= 11 is 1.87. The predicted octanol–water partition coefficient (Wildman–Crippen LogP) is 2.22. The average Bonchev–Trinajstić information content (AvgIpc) is 2.30. The Labute approximate surface area is 101 Å². The van der Waals surface area contributed by atoms with E-state index < -0.39 is 0 Å². The van der Waals surface area contributed by atoms with E-state index in [1.807, 2.05) is 50.0 Å². The molecule has 1 aromatic rings. The third kappa shape index (κ3) is 2.47. The van der Waals surface area contributed by atoms with Crippen LogP contribution >= 0.6 is 11.8 Å². The first-order chi connectivity index (χ1) is 7.68. The molecule has 1 aromatic carbocycles. The summed E-state index contributed by atoms with van der Waals surface area (Å²) in [6.07, 6.45) is 0. The molecule has 0 aromatic heterocycles. The zero-order valence-corrected chi connectivity index (χ0v) is 10.6. The number of likely N-dealkylation sites (N-methyl/N-ethyl adjacent to an activating group) is 1. The molecular weight excluding hydrogens is 218 g/mol. The van der Waals surface area contributed by atoms with Crippen molar-refractivity contribution in [3.63, 3.8) is 0 Å². The molecule has 1 aliphatic rings. The molecule has 0 spiro atoms. The first kappa shape index (κ1) is 11.7. The number of aryl methyl sites for hydroxylation is 1. The molecule has 0 saturated carbocycles. The number of rotatable bonds is 2. The summed E-state index contributed by atoms with van der Waals surface area (Å²) in [5.74, 6) is 2.31. The quantitative estimate of drug-likeness (QED) is 0.733. The Morgan fingerprint density at radius 1 is 1.38 bits per heavy atom. The van der Waals surface area contributed by atoms with Gasteiger partial charge in [-0.25, -0.2) is 0 Å². The molecule has 1 heterocycles. The molecule has 0 amide bonds. The minimum absolute atomic E-state index is 0.0569. The third-order valence-electron chi connectivity index (χ3n) is 3.03. The fraction of sp³-hybridized carbons (Fsp3) is 0.462. The molecule has 3 heteroatoms. The normalized spacial score (nSPS) is 22.0. The Hall–Kier alpha value is -0.800. The molecule has 1 fully saturated rings. The highest BCUT2D eigenvalue weighted by Gasteiger charge is 2.26. The molecule has 2 nitrogen and oxygen atoms in total. The van der Waals surface area contributed by atoms with Crippen molar-refractivity contribution in [3.8, 4) is 0 Å². The lowest BCUT2D eigenvalue weighted by Gasteiger charge is -2.30. The standard InChI is InChI=1S/C13H17NOS/c1-10-3-5-11(6-4-10)13(15)12-9-16-8-7-14(12)2/h3-6,12H,7-9H2,1-2H3. The summed E-state index contributed by atoms with van der Waals surface area (Å²) in [5.41, 5.74) is 2.04. The molecule has 0 aliphatic carbocycles. The number of hydrogen-bond acceptors (Lipinski definition) is 3. The zero-order valence-electron chi connectivity index (χ0n) is 9.77. The number of carbonyl (C=O) groups is 1. The van der Waals surface area contributed by atoms with Gasteiger partial charge in [0.05, 0.1) is 6.04 Å². The first-order valence-corrected chi connectivity index (χ1v) is 6.73. The second-order valence-electron chi connectivity index (χ2n) is 4.30. The number of thioether (sulfide) groups is 1. The monoisotopic (exact) mass is 235 g/mol. The topological polar surface area (TPSA) is 20.3 Å². The van der Waals surface area contributed by atoms with Gasteiger partial charge in [-0.05, 0) is 14.0 Å². The summed E-state index contributed by atoms with van der Waals surface area (Å²) in [7, 11) is 2.04. The van der Waals surface area contributed by atoms with Crippen molar-refractivity contribution < 1.29 is 4.79 Å². The summed E-state index contributed by atoms with van der Waals surface area (Å²) in [6, 6.07) is 7.93. The van der Waals surface area contributed by atoms with Gasteiger partial charge in [-0.2, -0.15) is 11.8 Å². The molecule has 0 radical (unpaired) electrons. The van der Waals surface area contributed by atoms with Crippen molar-refractivity contribution in [2.24, 2.45) is 0 Å². The first-order valence-electron chi connectivity index (χ1n) is 5.57. The molecule has 16 heavy (non-hydrogen) atoms. The van der Waals surface area contributed by atoms with Crippen LogP contribution in [0.4, 0.5) is 0 Å². The number of benzene rings is 1. The van der Waals surface area contributed by atoms with Gasteiger partial charge in [-0.15, -0.1) is 0 Å². The van der Waals surface area contributed by atoms with E-state index in [2.05, 4.69) is 4.90 Å². The molecule has 1 aliphatic heterocycles. The molecule has 1 unspecified atom stereocenters. The van der Waals surface area contributed by atoms with Crippen LogP contribution in [0.5, 0.6) is 0 Å². The van der Waals surface area contributed by atoms with Crippen LogP contribution in [0.15, 0.2) is 24.3 Å². The maximum Gasteiger partial charge on any atom is 0.180 e. The summed E-state index contributed by atoms with van der Waals surface area (Å²) < 4.78 is 0. The molecule has 0 bridgehead atoms. The van der Waals surface area contributed by atoms with Gasteiger partial charge >= 0.3 is 0 Å². The van der Waals surface area contributed by atoms with E-state index in [4.69, 9.17) is 0 Å². The molecule has 2 rings (SSSR count). The van der Waals surface area contributed by atoms with Crippen LogP contribution in [0.2, 0.25) is 0 Å². The van der Waals surface area contributed by atoms with Crippen LogP contribution in [0.3, 0.4) is 0 Å². The smallest absolute Gasteiger partial charge is 0.180 e. The van der Waals surface area contributed by atoms with E-state index in [0.29, 0.717) is 0 Å². The molecule has 1 saturated heterocycles. The predicted molar refractivity (Wildman–Crippen MR) is 69.3 cm³/mol. The SMILES string of the molecule is Cc1ccc(C(=O)C2CSCCN2C)cc1. The van der Waals surface area contributed by atoms with Gasteiger partial charge in [0, 0.05) is 23.6 Å². The van der Waals surface area contributed by atoms with Crippen LogP contribution in [-0.2, 0) is 0 Å². The highest BCUT2D eigenvalue weighted by atomic mass is 32.2. The summed E-state index contributed by atoms with van der Waals surface area (Å²) in [5, 5.41) is 0. The van der Waals surface area contributed by atoms with Gasteiger partial charge in [-0.1, -0.05) is 29.8 Å². The van der Waals surface area contributed by atoms with Crippen molar-refractivity contribution in [3.05, 3.63) is 35.4 Å². The second kappa shape index (κ2) is 5.02. The van der Waals surface area contributed by atoms with Crippen LogP contribution in [0, 0.1) is 6.92 Å². The van der Waals surface area contributed by atoms with Crippen molar-refractivity contribution in [2.75, 3.05) is 25.1 Å². The third-order valence-corrected chi connectivity index (χ3v) is 4.06. The molecule has 1 atom stereocenters. The Morgan fingerprint density at radius 3 is 2.69 bits per heavy atom. The van der Waals surface area contributed by atoms with Crippen molar-refractivity contribution >= 4 is 17.5 Å². The van der Waals surface area contributed by atoms with Crippen molar-refractivity contribution in [1.82, 2.24) is 4.90 Å². The van der Waals surface area contributed by atoms with E-state index in [9.17, 15) is 4.79 Å². The average molecular weight is 235 g/mol. The van der Waals surface area contributed by atoms with E-state index in [-0.39, 0.29) is 11.8 Å². The lowest BCUT2D eigenvalue weighted by atomic mass is 10.0. The number of Topliss-reactive ketones (excluding diaryl/α,β-unsaturated/α-hetero) is 1. The fourth-order valence-corrected chi connectivity index (χ4v) is 3.09. The van der Waals surface area contributed by atoms with E-state index >= 15 is 0 Å². The number of ketones is 1. The van der Waals surface area contributed by atoms with Crippen LogP contribution in [0.25, 0.3) is 0 Å². The minimum atomic E-state index is 0.0569. The maximum atomic E-state index is 12.3. The van der Waals surface area contributed by atoms with Crippen molar-refractivity contribution in [1.29, 1.82) is 0 Å². The lowest BCUT2D eigenvalue weighted by molar-refractivity contribution is 0.0874. The highest BCUT2D eigenvalue weighted by molar-refractivity contribution is 7.99. The van der Waals surface area contributed by atoms with Gasteiger partial charge in [0.15, 0.2) is 5.78 Å². The largest absolute Gasteiger partial charge is 0.295 e. The van der Waals surface area contributed by atoms with E-state index in [0.717, 1.165) is 23.6 Å². The second-order valence-corrected chi connectivity index (χ2v) is 5.45. The Balaban J connectivity index is 2.14. The Bertz CT molecular complexity index is 374. The van der Waals surface area contributed by atoms with Gasteiger partial charge in [0.1, 0.15) is 0 Å². The lowest BCUT2D eigenvalue weighted by Crippen LogP contribution is -2.44. The minimum Gasteiger partial charge on any atom is -0.295 e. The number of nitrogens with zero attached hydrogens (tertiary/aromatic N) is 1. The van der Waals surface area contributed by atoms with Gasteiger partial charge in [-0.3, -0.25) is 9.69 Å². The Kier molecular flexibility index (Phi) is 3.66. The molecule has 0 N–H and O–H groups in total. The van der Waals surface area contributed by atoms with Gasteiger partial charge in [0.2, 0.25) is 0 Å². The molecule has 86 valence electrons. The number of carbonyl (C=O) groups excluding carboxylic acids is 1. The van der Waals surface area contributed by atoms with Crippen LogP contribution < -0.4 is 0 Å². The zero-order chi connectivity index (χ0) is 11.5. The summed E-state index contributed by atoms with van der Waals surface area (Å²) in [6.45, 7) is 3.05. The van der Waals surface area contributed by atoms with Crippen LogP contribution in [-0.4, -0.2) is 41.8 Å². The van der Waals surface area contributed by atoms with E-state index in [1.165, 1.54) is 5.56 Å². The summed E-state index contributed by atoms with van der Waals surface area (Å²) in [4.78, 5) is 14.4. The van der Waals surface area contributed by atoms with E-state index in [1.54, 1.807) is 0 Å². The van der Waals surface area contributed by atoms with Gasteiger partial charge in [0.25, 0.3) is 0 Å².